The molecule has 0 spiro atoms. The number of urea groups is 1. The Kier molecular flexibility index (Phi) is 7.18. The van der Waals surface area contributed by atoms with Gasteiger partial charge < -0.3 is 25.3 Å². The van der Waals surface area contributed by atoms with Crippen LogP contribution in [0.15, 0.2) is 18.2 Å². The van der Waals surface area contributed by atoms with Gasteiger partial charge in [0.25, 0.3) is 0 Å². The molecule has 2 amide bonds. The summed E-state index contributed by atoms with van der Waals surface area (Å²) in [7, 11) is 2.16. The highest BCUT2D eigenvalue weighted by molar-refractivity contribution is 5.90. The summed E-state index contributed by atoms with van der Waals surface area (Å²) in [4.78, 5) is 19.8. The lowest BCUT2D eigenvalue weighted by molar-refractivity contribution is 0.180. The first-order valence-electron chi connectivity index (χ1n) is 10.7. The minimum Gasteiger partial charge on any atom is -0.369 e. The number of hydrogen-bond acceptors (Lipinski definition) is 4. The van der Waals surface area contributed by atoms with E-state index in [9.17, 15) is 4.79 Å². The zero-order chi connectivity index (χ0) is 20.1. The van der Waals surface area contributed by atoms with Crippen LogP contribution < -0.4 is 15.5 Å². The Hall–Kier alpha value is -1.79. The number of anilines is 2. The second-order valence-electron chi connectivity index (χ2n) is 8.91. The van der Waals surface area contributed by atoms with Crippen LogP contribution in [0.4, 0.5) is 16.2 Å². The fourth-order valence-electron chi connectivity index (χ4n) is 4.21. The third-order valence-electron chi connectivity index (χ3n) is 5.73. The number of rotatable bonds is 5. The monoisotopic (exact) mass is 387 g/mol. The summed E-state index contributed by atoms with van der Waals surface area (Å²) in [5.41, 5.74) is 3.25. The van der Waals surface area contributed by atoms with Crippen LogP contribution in [0, 0.1) is 12.8 Å². The molecular weight excluding hydrogens is 350 g/mol. The van der Waals surface area contributed by atoms with Crippen molar-refractivity contribution in [1.82, 2.24) is 15.1 Å². The van der Waals surface area contributed by atoms with Gasteiger partial charge in [0.2, 0.25) is 0 Å². The molecule has 0 unspecified atom stereocenters. The van der Waals surface area contributed by atoms with Gasteiger partial charge in [-0.1, -0.05) is 13.8 Å². The molecule has 0 saturated carbocycles. The van der Waals surface area contributed by atoms with Crippen molar-refractivity contribution in [2.75, 3.05) is 63.1 Å². The number of nitrogens with one attached hydrogen (secondary N) is 2. The summed E-state index contributed by atoms with van der Waals surface area (Å²) in [6.45, 7) is 14.1. The average molecular weight is 388 g/mol. The van der Waals surface area contributed by atoms with Crippen LogP contribution in [0.25, 0.3) is 0 Å². The van der Waals surface area contributed by atoms with Crippen molar-refractivity contribution < 1.29 is 4.79 Å². The fraction of sp³-hybridized carbons (Fsp3) is 0.682. The third-order valence-corrected chi connectivity index (χ3v) is 5.73. The number of piperidine rings is 1. The molecule has 3 rings (SSSR count). The van der Waals surface area contributed by atoms with Gasteiger partial charge in [-0.2, -0.15) is 0 Å². The lowest BCUT2D eigenvalue weighted by atomic mass is 10.0. The van der Waals surface area contributed by atoms with E-state index in [4.69, 9.17) is 0 Å². The molecule has 2 aliphatic heterocycles. The number of hydrogen-bond donors (Lipinski definition) is 2. The molecule has 6 nitrogen and oxygen atoms in total. The number of likely N-dealkylation sites (tertiary alicyclic amines) is 1. The summed E-state index contributed by atoms with van der Waals surface area (Å²) >= 11 is 0. The van der Waals surface area contributed by atoms with Gasteiger partial charge in [0, 0.05) is 63.2 Å². The summed E-state index contributed by atoms with van der Waals surface area (Å²) in [5, 5.41) is 6.23. The van der Waals surface area contributed by atoms with E-state index >= 15 is 0 Å². The first-order chi connectivity index (χ1) is 13.4. The van der Waals surface area contributed by atoms with Gasteiger partial charge in [-0.25, -0.2) is 4.79 Å². The zero-order valence-corrected chi connectivity index (χ0v) is 18.0. The van der Waals surface area contributed by atoms with Crippen molar-refractivity contribution in [2.24, 2.45) is 5.92 Å². The molecule has 1 aromatic carbocycles. The van der Waals surface area contributed by atoms with Crippen LogP contribution in [0.5, 0.6) is 0 Å². The number of piperazine rings is 1. The van der Waals surface area contributed by atoms with E-state index in [-0.39, 0.29) is 12.1 Å². The van der Waals surface area contributed by atoms with Gasteiger partial charge in [0.05, 0.1) is 0 Å². The van der Waals surface area contributed by atoms with Crippen LogP contribution in [0.2, 0.25) is 0 Å². The normalized spacial score (nSPS) is 19.8. The van der Waals surface area contributed by atoms with Crippen LogP contribution in [-0.4, -0.2) is 74.7 Å². The fourth-order valence-corrected chi connectivity index (χ4v) is 4.21. The highest BCUT2D eigenvalue weighted by atomic mass is 16.2. The average Bonchev–Trinajstić information content (AvgIpc) is 2.63. The molecule has 2 saturated heterocycles. The maximum atomic E-state index is 12.5. The second kappa shape index (κ2) is 9.61. The highest BCUT2D eigenvalue weighted by Gasteiger charge is 2.21. The van der Waals surface area contributed by atoms with E-state index in [1.54, 1.807) is 0 Å². The largest absolute Gasteiger partial charge is 0.369 e. The Morgan fingerprint density at radius 3 is 2.39 bits per heavy atom. The molecule has 2 N–H and O–H groups in total. The smallest absolute Gasteiger partial charge is 0.319 e. The van der Waals surface area contributed by atoms with E-state index in [2.05, 4.69) is 65.3 Å². The van der Waals surface area contributed by atoms with Crippen LogP contribution in [0.3, 0.4) is 0 Å². The molecule has 2 heterocycles. The Labute approximate surface area is 170 Å². The zero-order valence-electron chi connectivity index (χ0n) is 18.0. The van der Waals surface area contributed by atoms with Crippen molar-refractivity contribution in [3.63, 3.8) is 0 Å². The first-order valence-corrected chi connectivity index (χ1v) is 10.7. The molecule has 6 heteroatoms. The molecule has 0 aliphatic carbocycles. The van der Waals surface area contributed by atoms with Gasteiger partial charge in [-0.3, -0.25) is 0 Å². The van der Waals surface area contributed by atoms with Crippen molar-refractivity contribution in [1.29, 1.82) is 0 Å². The number of carbonyl (C=O) groups is 1. The Balaban J connectivity index is 1.51. The number of aryl methyl sites for hydroxylation is 1. The quantitative estimate of drug-likeness (QED) is 0.816. The van der Waals surface area contributed by atoms with E-state index in [0.717, 1.165) is 64.3 Å². The number of amides is 2. The number of benzene rings is 1. The highest BCUT2D eigenvalue weighted by Crippen LogP contribution is 2.23. The molecule has 0 aromatic heterocycles. The SMILES string of the molecule is Cc1cc(NC(=O)NC2CCN(CC(C)C)CC2)cc(N2CCN(C)CC2)c1. The Bertz CT molecular complexity index is 646. The van der Waals surface area contributed by atoms with Crippen LogP contribution in [0.1, 0.15) is 32.3 Å². The van der Waals surface area contributed by atoms with Gasteiger partial charge >= 0.3 is 6.03 Å². The number of likely N-dealkylation sites (N-methyl/N-ethyl adjacent to an activating group) is 1. The molecule has 2 aliphatic rings. The Morgan fingerprint density at radius 1 is 1.07 bits per heavy atom. The summed E-state index contributed by atoms with van der Waals surface area (Å²) < 4.78 is 0. The maximum Gasteiger partial charge on any atom is 0.319 e. The first kappa shape index (κ1) is 20.9. The predicted octanol–water partition coefficient (Wildman–Crippen LogP) is 2.99. The summed E-state index contributed by atoms with van der Waals surface area (Å²) in [6, 6.07) is 6.54. The molecule has 2 fully saturated rings. The molecule has 0 bridgehead atoms. The minimum absolute atomic E-state index is 0.0859. The summed E-state index contributed by atoms with van der Waals surface area (Å²) in [5.74, 6) is 0.698. The molecule has 28 heavy (non-hydrogen) atoms. The van der Waals surface area contributed by atoms with Gasteiger partial charge in [-0.05, 0) is 56.5 Å². The lowest BCUT2D eigenvalue weighted by Crippen LogP contribution is -2.46. The van der Waals surface area contributed by atoms with Gasteiger partial charge in [0.1, 0.15) is 0 Å². The van der Waals surface area contributed by atoms with Crippen LogP contribution >= 0.6 is 0 Å². The topological polar surface area (TPSA) is 50.9 Å². The van der Waals surface area contributed by atoms with Gasteiger partial charge in [-0.15, -0.1) is 0 Å². The van der Waals surface area contributed by atoms with E-state index in [0.29, 0.717) is 5.92 Å². The molecule has 0 atom stereocenters. The van der Waals surface area contributed by atoms with Crippen molar-refractivity contribution in [2.45, 2.75) is 39.7 Å². The lowest BCUT2D eigenvalue weighted by Gasteiger charge is -2.34. The molecule has 156 valence electrons. The molecular formula is C22H37N5O. The van der Waals surface area contributed by atoms with Gasteiger partial charge in [0.15, 0.2) is 0 Å². The molecule has 1 aromatic rings. The predicted molar refractivity (Wildman–Crippen MR) is 117 cm³/mol. The summed E-state index contributed by atoms with van der Waals surface area (Å²) in [6.07, 6.45) is 2.06. The minimum atomic E-state index is -0.0859. The second-order valence-corrected chi connectivity index (χ2v) is 8.91. The van der Waals surface area contributed by atoms with Crippen molar-refractivity contribution in [3.05, 3.63) is 23.8 Å². The van der Waals surface area contributed by atoms with Crippen LogP contribution in [-0.2, 0) is 0 Å². The van der Waals surface area contributed by atoms with E-state index < -0.39 is 0 Å². The van der Waals surface area contributed by atoms with E-state index in [1.165, 1.54) is 11.3 Å². The Morgan fingerprint density at radius 2 is 1.75 bits per heavy atom. The van der Waals surface area contributed by atoms with Crippen molar-refractivity contribution >= 4 is 17.4 Å². The number of nitrogens with zero attached hydrogens (tertiary/aromatic N) is 3. The standard InChI is InChI=1S/C22H37N5O/c1-17(2)16-26-7-5-19(6-8-26)23-22(28)24-20-13-18(3)14-21(15-20)27-11-9-25(4)10-12-27/h13-15,17,19H,5-12,16H2,1-4H3,(H2,23,24,28). The van der Waals surface area contributed by atoms with E-state index in [1.807, 2.05) is 6.07 Å². The maximum absolute atomic E-state index is 12.5. The molecule has 0 radical (unpaired) electrons. The number of carbonyl (C=O) groups excluding carboxylic acids is 1. The third kappa shape index (κ3) is 6.11. The van der Waals surface area contributed by atoms with Crippen molar-refractivity contribution in [3.8, 4) is 0 Å².